The Labute approximate surface area is 118 Å². The number of carboxylic acid groups (broad SMARTS) is 1. The number of aliphatic hydroxyl groups is 1. The Morgan fingerprint density at radius 3 is 2.37 bits per heavy atom. The van der Waals surface area contributed by atoms with Crippen LogP contribution in [-0.4, -0.2) is 54.0 Å². The number of unbranched alkanes of at least 4 members (excludes halogenated alkanes) is 4. The van der Waals surface area contributed by atoms with Gasteiger partial charge in [-0.15, -0.1) is 0 Å². The molecule has 0 aromatic rings. The first kappa shape index (κ1) is 18.4. The maximum Gasteiger partial charge on any atom is 0.303 e. The van der Waals surface area contributed by atoms with Crippen molar-refractivity contribution < 1.29 is 19.5 Å². The second-order valence-electron chi connectivity index (χ2n) is 6.20. The standard InChI is InChI=1S/C15H31NO3/c1-4-5-6-7-10-14(17)13-16(2,3)12-9-8-11-15(18)19/h14,17H,4-13H2,1-3H3/p+1. The van der Waals surface area contributed by atoms with Crippen molar-refractivity contribution >= 4 is 5.97 Å². The molecule has 0 fully saturated rings. The number of hydrogen-bond acceptors (Lipinski definition) is 2. The van der Waals surface area contributed by atoms with Crippen molar-refractivity contribution in [3.63, 3.8) is 0 Å². The van der Waals surface area contributed by atoms with Gasteiger partial charge in [0.05, 0.1) is 20.6 Å². The summed E-state index contributed by atoms with van der Waals surface area (Å²) in [6.07, 6.45) is 7.32. The molecule has 0 amide bonds. The molecule has 1 unspecified atom stereocenters. The predicted octanol–water partition coefficient (Wildman–Crippen LogP) is 2.65. The number of carbonyl (C=O) groups is 1. The van der Waals surface area contributed by atoms with Gasteiger partial charge in [-0.2, -0.15) is 0 Å². The van der Waals surface area contributed by atoms with E-state index in [-0.39, 0.29) is 12.5 Å². The van der Waals surface area contributed by atoms with E-state index in [1.54, 1.807) is 0 Å². The van der Waals surface area contributed by atoms with Crippen LogP contribution in [0.2, 0.25) is 0 Å². The topological polar surface area (TPSA) is 57.5 Å². The zero-order valence-corrected chi connectivity index (χ0v) is 12.9. The molecule has 0 aliphatic carbocycles. The van der Waals surface area contributed by atoms with Gasteiger partial charge in [-0.1, -0.05) is 32.6 Å². The van der Waals surface area contributed by atoms with Crippen LogP contribution in [0.25, 0.3) is 0 Å². The fourth-order valence-electron chi connectivity index (χ4n) is 2.38. The summed E-state index contributed by atoms with van der Waals surface area (Å²) >= 11 is 0. The van der Waals surface area contributed by atoms with E-state index >= 15 is 0 Å². The lowest BCUT2D eigenvalue weighted by Gasteiger charge is -2.32. The van der Waals surface area contributed by atoms with Crippen LogP contribution in [0.3, 0.4) is 0 Å². The van der Waals surface area contributed by atoms with Gasteiger partial charge < -0.3 is 14.7 Å². The molecule has 0 bridgehead atoms. The van der Waals surface area contributed by atoms with E-state index in [0.717, 1.165) is 43.3 Å². The van der Waals surface area contributed by atoms with E-state index in [9.17, 15) is 9.90 Å². The fourth-order valence-corrected chi connectivity index (χ4v) is 2.38. The molecule has 0 aromatic heterocycles. The lowest BCUT2D eigenvalue weighted by atomic mass is 10.1. The summed E-state index contributed by atoms with van der Waals surface area (Å²) in [6, 6.07) is 0. The predicted molar refractivity (Wildman–Crippen MR) is 78.1 cm³/mol. The maximum atomic E-state index is 10.4. The van der Waals surface area contributed by atoms with E-state index in [1.807, 2.05) is 0 Å². The minimum absolute atomic E-state index is 0.230. The molecule has 0 radical (unpaired) electrons. The lowest BCUT2D eigenvalue weighted by Crippen LogP contribution is -2.46. The van der Waals surface area contributed by atoms with Crippen molar-refractivity contribution in [2.45, 2.75) is 64.4 Å². The molecular formula is C15H32NO3+. The molecule has 4 nitrogen and oxygen atoms in total. The highest BCUT2D eigenvalue weighted by Crippen LogP contribution is 2.10. The molecule has 0 spiro atoms. The molecule has 0 saturated heterocycles. The van der Waals surface area contributed by atoms with E-state index in [2.05, 4.69) is 21.0 Å². The second-order valence-corrected chi connectivity index (χ2v) is 6.20. The number of carboxylic acids is 1. The smallest absolute Gasteiger partial charge is 0.303 e. The maximum absolute atomic E-state index is 10.4. The molecule has 114 valence electrons. The van der Waals surface area contributed by atoms with Crippen molar-refractivity contribution in [1.82, 2.24) is 0 Å². The SMILES string of the molecule is CCCCCCC(O)C[N+](C)(C)CCCCC(=O)O. The Morgan fingerprint density at radius 1 is 1.11 bits per heavy atom. The molecule has 0 saturated carbocycles. The third kappa shape index (κ3) is 12.2. The third-order valence-electron chi connectivity index (χ3n) is 3.50. The van der Waals surface area contributed by atoms with Crippen LogP contribution in [0, 0.1) is 0 Å². The number of rotatable bonds is 12. The number of aliphatic hydroxyl groups excluding tert-OH is 1. The van der Waals surface area contributed by atoms with Crippen LogP contribution < -0.4 is 0 Å². The minimum Gasteiger partial charge on any atom is -0.481 e. The van der Waals surface area contributed by atoms with Crippen LogP contribution in [-0.2, 0) is 4.79 Å². The summed E-state index contributed by atoms with van der Waals surface area (Å²) < 4.78 is 0.772. The summed E-state index contributed by atoms with van der Waals surface area (Å²) in [5.74, 6) is -0.721. The summed E-state index contributed by atoms with van der Waals surface area (Å²) in [7, 11) is 4.21. The molecule has 0 aliphatic heterocycles. The first-order chi connectivity index (χ1) is 8.87. The van der Waals surface area contributed by atoms with Crippen LogP contribution in [0.1, 0.15) is 58.3 Å². The Bertz CT molecular complexity index is 242. The van der Waals surface area contributed by atoms with Crippen molar-refractivity contribution in [2.75, 3.05) is 27.2 Å². The highest BCUT2D eigenvalue weighted by atomic mass is 16.4. The van der Waals surface area contributed by atoms with Crippen molar-refractivity contribution in [1.29, 1.82) is 0 Å². The average molecular weight is 274 g/mol. The summed E-state index contributed by atoms with van der Waals surface area (Å²) in [5, 5.41) is 18.6. The summed E-state index contributed by atoms with van der Waals surface area (Å²) in [5.41, 5.74) is 0. The van der Waals surface area contributed by atoms with Crippen LogP contribution >= 0.6 is 0 Å². The molecule has 4 heteroatoms. The van der Waals surface area contributed by atoms with Gasteiger partial charge in [-0.3, -0.25) is 4.79 Å². The lowest BCUT2D eigenvalue weighted by molar-refractivity contribution is -0.893. The first-order valence-corrected chi connectivity index (χ1v) is 7.59. The summed E-state index contributed by atoms with van der Waals surface area (Å²) in [6.45, 7) is 3.88. The third-order valence-corrected chi connectivity index (χ3v) is 3.50. The highest BCUT2D eigenvalue weighted by molar-refractivity contribution is 5.66. The van der Waals surface area contributed by atoms with Crippen LogP contribution in [0.4, 0.5) is 0 Å². The van der Waals surface area contributed by atoms with Crippen molar-refractivity contribution in [2.24, 2.45) is 0 Å². The van der Waals surface area contributed by atoms with Crippen LogP contribution in [0.5, 0.6) is 0 Å². The zero-order valence-electron chi connectivity index (χ0n) is 12.9. The number of aliphatic carboxylic acids is 1. The number of quaternary nitrogens is 1. The van der Waals surface area contributed by atoms with Gasteiger partial charge in [-0.25, -0.2) is 0 Å². The Kier molecular flexibility index (Phi) is 9.88. The average Bonchev–Trinajstić information content (AvgIpc) is 2.29. The van der Waals surface area contributed by atoms with E-state index < -0.39 is 5.97 Å². The first-order valence-electron chi connectivity index (χ1n) is 7.59. The second kappa shape index (κ2) is 10.2. The Balaban J connectivity index is 3.71. The normalized spacial score (nSPS) is 13.5. The van der Waals surface area contributed by atoms with Crippen molar-refractivity contribution in [3.8, 4) is 0 Å². The van der Waals surface area contributed by atoms with Gasteiger partial charge in [-0.05, 0) is 19.3 Å². The van der Waals surface area contributed by atoms with E-state index in [0.29, 0.717) is 0 Å². The Morgan fingerprint density at radius 2 is 1.79 bits per heavy atom. The largest absolute Gasteiger partial charge is 0.481 e. The fraction of sp³-hybridized carbons (Fsp3) is 0.933. The zero-order chi connectivity index (χ0) is 14.7. The molecule has 2 N–H and O–H groups in total. The van der Waals surface area contributed by atoms with Crippen molar-refractivity contribution in [3.05, 3.63) is 0 Å². The minimum atomic E-state index is -0.721. The highest BCUT2D eigenvalue weighted by Gasteiger charge is 2.19. The number of nitrogens with zero attached hydrogens (tertiary/aromatic N) is 1. The number of hydrogen-bond donors (Lipinski definition) is 2. The van der Waals surface area contributed by atoms with Gasteiger partial charge in [0.2, 0.25) is 0 Å². The van der Waals surface area contributed by atoms with Gasteiger partial charge in [0.1, 0.15) is 12.6 Å². The van der Waals surface area contributed by atoms with Gasteiger partial charge in [0.25, 0.3) is 0 Å². The number of likely N-dealkylation sites (N-methyl/N-ethyl adjacent to an activating group) is 1. The molecule has 1 atom stereocenters. The van der Waals surface area contributed by atoms with E-state index in [1.165, 1.54) is 19.3 Å². The molecule has 0 aliphatic rings. The quantitative estimate of drug-likeness (QED) is 0.425. The van der Waals surface area contributed by atoms with Gasteiger partial charge in [0, 0.05) is 6.42 Å². The molecule has 19 heavy (non-hydrogen) atoms. The Hall–Kier alpha value is -0.610. The van der Waals surface area contributed by atoms with Gasteiger partial charge >= 0.3 is 5.97 Å². The molecule has 0 aromatic carbocycles. The summed E-state index contributed by atoms with van der Waals surface area (Å²) in [4.78, 5) is 10.4. The molecule has 0 rings (SSSR count). The molecular weight excluding hydrogens is 242 g/mol. The van der Waals surface area contributed by atoms with Crippen LogP contribution in [0.15, 0.2) is 0 Å². The molecule has 0 heterocycles. The van der Waals surface area contributed by atoms with Gasteiger partial charge in [0.15, 0.2) is 0 Å². The monoisotopic (exact) mass is 274 g/mol. The van der Waals surface area contributed by atoms with E-state index in [4.69, 9.17) is 5.11 Å².